The van der Waals surface area contributed by atoms with Crippen LogP contribution < -0.4 is 0 Å². The van der Waals surface area contributed by atoms with E-state index < -0.39 is 0 Å². The standard InChI is InChI=1S/C15H13NO/c1-11(8-9-16)15(17)14-7-6-12-4-2-3-5-13(12)10-14/h2-7,10-11H,8H2,1H3. The fraction of sp³-hybridized carbons (Fsp3) is 0.200. The van der Waals surface area contributed by atoms with Crippen LogP contribution in [0.2, 0.25) is 0 Å². The van der Waals surface area contributed by atoms with Crippen LogP contribution in [0, 0.1) is 17.2 Å². The summed E-state index contributed by atoms with van der Waals surface area (Å²) < 4.78 is 0. The Morgan fingerprint density at radius 3 is 2.65 bits per heavy atom. The lowest BCUT2D eigenvalue weighted by atomic mass is 9.95. The number of ketones is 1. The zero-order valence-corrected chi connectivity index (χ0v) is 9.68. The molecule has 0 N–H and O–H groups in total. The highest BCUT2D eigenvalue weighted by Crippen LogP contribution is 2.18. The molecule has 2 heteroatoms. The highest BCUT2D eigenvalue weighted by atomic mass is 16.1. The maximum Gasteiger partial charge on any atom is 0.166 e. The normalized spacial score (nSPS) is 12.0. The van der Waals surface area contributed by atoms with E-state index >= 15 is 0 Å². The summed E-state index contributed by atoms with van der Waals surface area (Å²) in [6, 6.07) is 15.6. The van der Waals surface area contributed by atoms with Gasteiger partial charge >= 0.3 is 0 Å². The first-order chi connectivity index (χ1) is 8.22. The van der Waals surface area contributed by atoms with E-state index in [-0.39, 0.29) is 18.1 Å². The van der Waals surface area contributed by atoms with Crippen molar-refractivity contribution in [1.82, 2.24) is 0 Å². The van der Waals surface area contributed by atoms with Gasteiger partial charge in [-0.05, 0) is 16.8 Å². The van der Waals surface area contributed by atoms with E-state index in [1.807, 2.05) is 48.5 Å². The predicted molar refractivity (Wildman–Crippen MR) is 67.7 cm³/mol. The van der Waals surface area contributed by atoms with Crippen LogP contribution in [0.4, 0.5) is 0 Å². The number of hydrogen-bond acceptors (Lipinski definition) is 2. The molecule has 0 aliphatic heterocycles. The number of nitrogens with zero attached hydrogens (tertiary/aromatic N) is 1. The highest BCUT2D eigenvalue weighted by Gasteiger charge is 2.14. The Balaban J connectivity index is 2.37. The van der Waals surface area contributed by atoms with Crippen molar-refractivity contribution in [2.45, 2.75) is 13.3 Å². The van der Waals surface area contributed by atoms with Gasteiger partial charge in [-0.15, -0.1) is 0 Å². The topological polar surface area (TPSA) is 40.9 Å². The summed E-state index contributed by atoms with van der Waals surface area (Å²) >= 11 is 0. The minimum Gasteiger partial charge on any atom is -0.294 e. The lowest BCUT2D eigenvalue weighted by molar-refractivity contribution is 0.0932. The number of fused-ring (bicyclic) bond motifs is 1. The number of benzene rings is 2. The van der Waals surface area contributed by atoms with Crippen LogP contribution in [0.1, 0.15) is 23.7 Å². The summed E-state index contributed by atoms with van der Waals surface area (Å²) in [6.45, 7) is 1.79. The molecule has 17 heavy (non-hydrogen) atoms. The second-order valence-electron chi connectivity index (χ2n) is 4.19. The summed E-state index contributed by atoms with van der Waals surface area (Å²) in [5, 5.41) is 10.8. The van der Waals surface area contributed by atoms with Crippen molar-refractivity contribution in [3.05, 3.63) is 48.0 Å². The van der Waals surface area contributed by atoms with Gasteiger partial charge in [0.25, 0.3) is 0 Å². The van der Waals surface area contributed by atoms with Crippen molar-refractivity contribution in [2.24, 2.45) is 5.92 Å². The second-order valence-corrected chi connectivity index (χ2v) is 4.19. The molecule has 0 spiro atoms. The van der Waals surface area contributed by atoms with Crippen LogP contribution in [0.15, 0.2) is 42.5 Å². The number of nitriles is 1. The molecular formula is C15H13NO. The number of rotatable bonds is 3. The van der Waals surface area contributed by atoms with Gasteiger partial charge in [-0.2, -0.15) is 5.26 Å². The lowest BCUT2D eigenvalue weighted by Crippen LogP contribution is -2.10. The molecule has 0 fully saturated rings. The molecule has 0 aliphatic rings. The van der Waals surface area contributed by atoms with Crippen LogP contribution in [0.3, 0.4) is 0 Å². The first-order valence-electron chi connectivity index (χ1n) is 5.62. The number of carbonyl (C=O) groups excluding carboxylic acids is 1. The van der Waals surface area contributed by atoms with E-state index in [1.54, 1.807) is 6.92 Å². The summed E-state index contributed by atoms with van der Waals surface area (Å²) in [4.78, 5) is 12.0. The number of Topliss-reactive ketones (excluding diaryl/α,β-unsaturated/α-hetero) is 1. The summed E-state index contributed by atoms with van der Waals surface area (Å²) in [6.07, 6.45) is 0.270. The van der Waals surface area contributed by atoms with E-state index in [4.69, 9.17) is 5.26 Å². The molecule has 0 saturated heterocycles. The van der Waals surface area contributed by atoms with Gasteiger partial charge in [0.05, 0.1) is 6.07 Å². The van der Waals surface area contributed by atoms with Gasteiger partial charge in [-0.1, -0.05) is 43.3 Å². The average molecular weight is 223 g/mol. The average Bonchev–Trinajstić information content (AvgIpc) is 2.37. The molecule has 1 atom stereocenters. The minimum absolute atomic E-state index is 0.0392. The van der Waals surface area contributed by atoms with Crippen LogP contribution in [-0.4, -0.2) is 5.78 Å². The van der Waals surface area contributed by atoms with Gasteiger partial charge in [0.1, 0.15) is 0 Å². The maximum absolute atomic E-state index is 12.0. The largest absolute Gasteiger partial charge is 0.294 e. The zero-order valence-electron chi connectivity index (χ0n) is 9.68. The second kappa shape index (κ2) is 4.80. The molecule has 2 nitrogen and oxygen atoms in total. The van der Waals surface area contributed by atoms with Gasteiger partial charge < -0.3 is 0 Å². The molecule has 0 amide bonds. The molecule has 0 bridgehead atoms. The van der Waals surface area contributed by atoms with Gasteiger partial charge in [-0.25, -0.2) is 0 Å². The highest BCUT2D eigenvalue weighted by molar-refractivity contribution is 6.01. The molecule has 2 aromatic carbocycles. The van der Waals surface area contributed by atoms with E-state index in [1.165, 1.54) is 0 Å². The summed E-state index contributed by atoms with van der Waals surface area (Å²) in [5.41, 5.74) is 0.687. The Bertz CT molecular complexity index is 595. The Hall–Kier alpha value is -2.14. The Kier molecular flexibility index (Phi) is 3.20. The van der Waals surface area contributed by atoms with Gasteiger partial charge in [0.2, 0.25) is 0 Å². The zero-order chi connectivity index (χ0) is 12.3. The first-order valence-corrected chi connectivity index (χ1v) is 5.62. The van der Waals surface area contributed by atoms with Gasteiger partial charge in [0, 0.05) is 17.9 Å². The lowest BCUT2D eigenvalue weighted by Gasteiger charge is -2.07. The van der Waals surface area contributed by atoms with Crippen LogP contribution >= 0.6 is 0 Å². The first kappa shape index (κ1) is 11.3. The fourth-order valence-electron chi connectivity index (χ4n) is 1.86. The smallest absolute Gasteiger partial charge is 0.166 e. The van der Waals surface area contributed by atoms with Crippen molar-refractivity contribution in [3.63, 3.8) is 0 Å². The molecule has 84 valence electrons. The molecule has 0 heterocycles. The third-order valence-electron chi connectivity index (χ3n) is 2.88. The molecular weight excluding hydrogens is 210 g/mol. The fourth-order valence-corrected chi connectivity index (χ4v) is 1.86. The quantitative estimate of drug-likeness (QED) is 0.746. The predicted octanol–water partition coefficient (Wildman–Crippen LogP) is 3.57. The molecule has 0 radical (unpaired) electrons. The Morgan fingerprint density at radius 2 is 1.94 bits per heavy atom. The third kappa shape index (κ3) is 2.34. The van der Waals surface area contributed by atoms with Crippen LogP contribution in [0.25, 0.3) is 10.8 Å². The molecule has 2 aromatic rings. The number of carbonyl (C=O) groups is 1. The Labute approximate surface area is 100 Å². The summed E-state index contributed by atoms with van der Waals surface area (Å²) in [5.74, 6) is -0.196. The van der Waals surface area contributed by atoms with E-state index in [9.17, 15) is 4.79 Å². The number of hydrogen-bond donors (Lipinski definition) is 0. The van der Waals surface area contributed by atoms with Crippen molar-refractivity contribution >= 4 is 16.6 Å². The monoisotopic (exact) mass is 223 g/mol. The molecule has 2 rings (SSSR count). The van der Waals surface area contributed by atoms with Crippen molar-refractivity contribution < 1.29 is 4.79 Å². The van der Waals surface area contributed by atoms with Gasteiger partial charge in [-0.3, -0.25) is 4.79 Å². The van der Waals surface area contributed by atoms with Crippen molar-refractivity contribution in [1.29, 1.82) is 5.26 Å². The van der Waals surface area contributed by atoms with Crippen molar-refractivity contribution in [3.8, 4) is 6.07 Å². The summed E-state index contributed by atoms with van der Waals surface area (Å²) in [7, 11) is 0. The Morgan fingerprint density at radius 1 is 1.24 bits per heavy atom. The van der Waals surface area contributed by atoms with Gasteiger partial charge in [0.15, 0.2) is 5.78 Å². The maximum atomic E-state index is 12.0. The molecule has 0 aromatic heterocycles. The van der Waals surface area contributed by atoms with Crippen LogP contribution in [0.5, 0.6) is 0 Å². The molecule has 0 saturated carbocycles. The van der Waals surface area contributed by atoms with Crippen LogP contribution in [-0.2, 0) is 0 Å². The van der Waals surface area contributed by atoms with Crippen molar-refractivity contribution in [2.75, 3.05) is 0 Å². The minimum atomic E-state index is -0.235. The van der Waals surface area contributed by atoms with E-state index in [2.05, 4.69) is 0 Å². The molecule has 0 aliphatic carbocycles. The van der Waals surface area contributed by atoms with E-state index in [0.29, 0.717) is 5.56 Å². The SMILES string of the molecule is CC(CC#N)C(=O)c1ccc2ccccc2c1. The van der Waals surface area contributed by atoms with E-state index in [0.717, 1.165) is 10.8 Å². The molecule has 1 unspecified atom stereocenters. The third-order valence-corrected chi connectivity index (χ3v) is 2.88.